The molecule has 162 valence electrons. The molecule has 1 saturated heterocycles. The van der Waals surface area contributed by atoms with E-state index >= 15 is 0 Å². The van der Waals surface area contributed by atoms with Gasteiger partial charge in [0.1, 0.15) is 5.75 Å². The zero-order valence-corrected chi connectivity index (χ0v) is 16.1. The number of hydrogen-bond acceptors (Lipinski definition) is 7. The topological polar surface area (TPSA) is 107 Å². The lowest BCUT2D eigenvalue weighted by atomic mass is 9.44. The van der Waals surface area contributed by atoms with Crippen LogP contribution in [0.2, 0.25) is 0 Å². The predicted octanol–water partition coefficient (Wildman–Crippen LogP) is 0.976. The van der Waals surface area contributed by atoms with Crippen molar-refractivity contribution in [2.24, 2.45) is 0 Å². The summed E-state index contributed by atoms with van der Waals surface area (Å²) in [5.74, 6) is -0.485. The normalized spacial score (nSPS) is 34.5. The van der Waals surface area contributed by atoms with Gasteiger partial charge in [-0.05, 0) is 38.3 Å². The lowest BCUT2D eigenvalue weighted by Crippen LogP contribution is -2.84. The average molecular weight is 425 g/mol. The highest BCUT2D eigenvalue weighted by Crippen LogP contribution is 2.60. The smallest absolute Gasteiger partial charge is 0.484 e. The number of ether oxygens (including phenoxy) is 3. The first kappa shape index (κ1) is 19.3. The summed E-state index contributed by atoms with van der Waals surface area (Å²) < 4.78 is 40.1. The van der Waals surface area contributed by atoms with Crippen molar-refractivity contribution in [3.05, 3.63) is 18.2 Å². The minimum absolute atomic E-state index is 0.0914. The van der Waals surface area contributed by atoms with Gasteiger partial charge < -0.3 is 24.8 Å². The maximum Gasteiger partial charge on any atom is 0.586 e. The number of benzene rings is 1. The largest absolute Gasteiger partial charge is 0.586 e. The molecule has 2 amide bonds. The molecule has 3 aliphatic carbocycles. The first-order valence-corrected chi connectivity index (χ1v) is 9.72. The van der Waals surface area contributed by atoms with Crippen molar-refractivity contribution in [2.75, 3.05) is 6.61 Å². The van der Waals surface area contributed by atoms with Crippen LogP contribution in [0.1, 0.15) is 32.6 Å². The molecule has 1 aromatic carbocycles. The fraction of sp³-hybridized carbons (Fsp3) is 0.579. The quantitative estimate of drug-likeness (QED) is 0.624. The standard InChI is InChI=1S/C19H21F2N3O6/c1-10-4-14(30-24-10)16(26)23-18-7-17(8-18,9-18)22-15(25)6-27-11-2-3-12-13(5-11)29-19(20,21)28-12/h2-3,5,10,14,24H,4,6-9H2,1H3,(H,22,25)(H,23,26). The first-order chi connectivity index (χ1) is 14.1. The first-order valence-electron chi connectivity index (χ1n) is 9.72. The number of halogens is 2. The third-order valence-corrected chi connectivity index (χ3v) is 5.84. The van der Waals surface area contributed by atoms with Gasteiger partial charge in [-0.15, -0.1) is 8.78 Å². The van der Waals surface area contributed by atoms with Crippen molar-refractivity contribution in [3.8, 4) is 17.2 Å². The molecule has 6 rings (SSSR count). The van der Waals surface area contributed by atoms with E-state index < -0.39 is 12.4 Å². The van der Waals surface area contributed by atoms with Crippen LogP contribution in [0.3, 0.4) is 0 Å². The molecule has 2 aliphatic heterocycles. The van der Waals surface area contributed by atoms with Crippen molar-refractivity contribution < 1.29 is 37.4 Å². The summed E-state index contributed by atoms with van der Waals surface area (Å²) in [5, 5.41) is 5.97. The highest BCUT2D eigenvalue weighted by molar-refractivity contribution is 5.83. The van der Waals surface area contributed by atoms with Crippen molar-refractivity contribution in [1.29, 1.82) is 0 Å². The van der Waals surface area contributed by atoms with Gasteiger partial charge in [0.15, 0.2) is 24.2 Å². The highest BCUT2D eigenvalue weighted by atomic mass is 19.3. The van der Waals surface area contributed by atoms with Crippen LogP contribution in [0.25, 0.3) is 0 Å². The number of carbonyl (C=O) groups excluding carboxylic acids is 2. The number of alkyl halides is 2. The van der Waals surface area contributed by atoms with Crippen LogP contribution in [0.4, 0.5) is 8.78 Å². The summed E-state index contributed by atoms with van der Waals surface area (Å²) in [5.41, 5.74) is 2.18. The Bertz CT molecular complexity index is 890. The molecule has 30 heavy (non-hydrogen) atoms. The number of rotatable bonds is 6. The van der Waals surface area contributed by atoms with Crippen molar-refractivity contribution in [1.82, 2.24) is 16.1 Å². The Morgan fingerprint density at radius 3 is 2.57 bits per heavy atom. The molecule has 0 aromatic heterocycles. The number of hydrogen-bond donors (Lipinski definition) is 3. The zero-order chi connectivity index (χ0) is 21.1. The molecule has 3 saturated carbocycles. The van der Waals surface area contributed by atoms with E-state index in [4.69, 9.17) is 9.57 Å². The van der Waals surface area contributed by atoms with E-state index in [0.29, 0.717) is 25.7 Å². The van der Waals surface area contributed by atoms with Gasteiger partial charge in [0.25, 0.3) is 11.8 Å². The van der Waals surface area contributed by atoms with Gasteiger partial charge in [-0.25, -0.2) is 0 Å². The van der Waals surface area contributed by atoms with Crippen LogP contribution >= 0.6 is 0 Å². The molecular weight excluding hydrogens is 404 g/mol. The lowest BCUT2D eigenvalue weighted by molar-refractivity contribution is -0.286. The molecular formula is C19H21F2N3O6. The fourth-order valence-corrected chi connectivity index (χ4v) is 4.67. The third kappa shape index (κ3) is 3.41. The molecule has 0 radical (unpaired) electrons. The average Bonchev–Trinajstić information content (AvgIpc) is 3.17. The predicted molar refractivity (Wildman–Crippen MR) is 95.8 cm³/mol. The summed E-state index contributed by atoms with van der Waals surface area (Å²) in [4.78, 5) is 29.8. The van der Waals surface area contributed by atoms with Crippen molar-refractivity contribution >= 4 is 11.8 Å². The second kappa shape index (κ2) is 6.42. The maximum absolute atomic E-state index is 13.0. The van der Waals surface area contributed by atoms with Crippen molar-refractivity contribution in [2.45, 2.75) is 62.1 Å². The molecule has 0 spiro atoms. The van der Waals surface area contributed by atoms with E-state index in [1.807, 2.05) is 6.92 Å². The van der Waals surface area contributed by atoms with Gasteiger partial charge in [-0.2, -0.15) is 5.48 Å². The Hall–Kier alpha value is -2.66. The van der Waals surface area contributed by atoms with E-state index in [2.05, 4.69) is 25.6 Å². The molecule has 2 bridgehead atoms. The van der Waals surface area contributed by atoms with Gasteiger partial charge in [-0.3, -0.25) is 14.4 Å². The monoisotopic (exact) mass is 425 g/mol. The minimum atomic E-state index is -3.70. The van der Waals surface area contributed by atoms with E-state index in [1.165, 1.54) is 18.2 Å². The SMILES string of the molecule is CC1CC(C(=O)NC23CC(NC(=O)COc4ccc5c(c4)OC(F)(F)O5)(C2)C3)ON1. The number of carbonyl (C=O) groups is 2. The molecule has 11 heteroatoms. The molecule has 2 heterocycles. The molecule has 4 fully saturated rings. The Morgan fingerprint density at radius 1 is 1.17 bits per heavy atom. The van der Waals surface area contributed by atoms with Crippen LogP contribution in [0.5, 0.6) is 17.2 Å². The number of hydroxylamine groups is 1. The third-order valence-electron chi connectivity index (χ3n) is 5.84. The second-order valence-electron chi connectivity index (χ2n) is 8.55. The molecule has 1 aromatic rings. The number of amides is 2. The molecule has 3 N–H and O–H groups in total. The molecule has 2 atom stereocenters. The van der Waals surface area contributed by atoms with Gasteiger partial charge in [-0.1, -0.05) is 0 Å². The maximum atomic E-state index is 13.0. The summed E-state index contributed by atoms with van der Waals surface area (Å²) >= 11 is 0. The van der Waals surface area contributed by atoms with Crippen LogP contribution in [-0.2, 0) is 14.4 Å². The van der Waals surface area contributed by atoms with Crippen LogP contribution in [0, 0.1) is 0 Å². The Kier molecular flexibility index (Phi) is 4.13. The van der Waals surface area contributed by atoms with Crippen LogP contribution in [0.15, 0.2) is 18.2 Å². The highest BCUT2D eigenvalue weighted by Gasteiger charge is 2.69. The van der Waals surface area contributed by atoms with Gasteiger partial charge >= 0.3 is 6.29 Å². The molecule has 5 aliphatic rings. The fourth-order valence-electron chi connectivity index (χ4n) is 4.67. The Balaban J connectivity index is 1.07. The Labute approximate surface area is 170 Å². The molecule has 2 unspecified atom stereocenters. The van der Waals surface area contributed by atoms with Gasteiger partial charge in [0.2, 0.25) is 0 Å². The van der Waals surface area contributed by atoms with Crippen LogP contribution in [-0.4, -0.2) is 47.9 Å². The van der Waals surface area contributed by atoms with Crippen molar-refractivity contribution in [3.63, 3.8) is 0 Å². The Morgan fingerprint density at radius 2 is 1.87 bits per heavy atom. The zero-order valence-electron chi connectivity index (χ0n) is 16.1. The summed E-state index contributed by atoms with van der Waals surface area (Å²) in [6.45, 7) is 1.68. The van der Waals surface area contributed by atoms with E-state index in [1.54, 1.807) is 0 Å². The van der Waals surface area contributed by atoms with Crippen LogP contribution < -0.4 is 30.3 Å². The number of fused-ring (bicyclic) bond motifs is 1. The summed E-state index contributed by atoms with van der Waals surface area (Å²) in [6.07, 6.45) is -1.59. The van der Waals surface area contributed by atoms with E-state index in [9.17, 15) is 18.4 Å². The second-order valence-corrected chi connectivity index (χ2v) is 8.55. The van der Waals surface area contributed by atoms with Gasteiger partial charge in [0.05, 0.1) is 0 Å². The lowest BCUT2D eigenvalue weighted by Gasteiger charge is -2.70. The summed E-state index contributed by atoms with van der Waals surface area (Å²) in [7, 11) is 0. The van der Waals surface area contributed by atoms with E-state index in [-0.39, 0.29) is 52.8 Å². The van der Waals surface area contributed by atoms with Gasteiger partial charge in [0, 0.05) is 29.6 Å². The summed E-state index contributed by atoms with van der Waals surface area (Å²) in [6, 6.07) is 4.10. The van der Waals surface area contributed by atoms with E-state index in [0.717, 1.165) is 0 Å². The molecule has 9 nitrogen and oxygen atoms in total. The minimum Gasteiger partial charge on any atom is -0.484 e. The number of nitrogens with one attached hydrogen (secondary N) is 3.